The topological polar surface area (TPSA) is 75.4 Å². The molecule has 156 valence electrons. The fraction of sp³-hybridized carbons (Fsp3) is 0.360. The molecule has 1 saturated heterocycles. The Morgan fingerprint density at radius 2 is 1.67 bits per heavy atom. The minimum Gasteiger partial charge on any atom is -0.349 e. The molecule has 30 heavy (non-hydrogen) atoms. The van der Waals surface area contributed by atoms with Crippen LogP contribution in [0.3, 0.4) is 0 Å². The van der Waals surface area contributed by atoms with Crippen LogP contribution in [0.1, 0.15) is 55.0 Å². The smallest absolute Gasteiger partial charge is 0.247 e. The van der Waals surface area contributed by atoms with Crippen molar-refractivity contribution in [2.75, 3.05) is 0 Å². The zero-order valence-corrected chi connectivity index (χ0v) is 17.3. The van der Waals surface area contributed by atoms with Gasteiger partial charge in [-0.1, -0.05) is 60.7 Å². The Balaban J connectivity index is 1.45. The lowest BCUT2D eigenvalue weighted by Gasteiger charge is -2.22. The highest BCUT2D eigenvalue weighted by molar-refractivity contribution is 5.89. The fourth-order valence-corrected chi connectivity index (χ4v) is 4.63. The van der Waals surface area contributed by atoms with E-state index in [1.807, 2.05) is 41.3 Å². The lowest BCUT2D eigenvalue weighted by atomic mass is 9.92. The van der Waals surface area contributed by atoms with E-state index in [-0.39, 0.29) is 29.9 Å². The number of rotatable bonds is 7. The van der Waals surface area contributed by atoms with Crippen LogP contribution in [-0.4, -0.2) is 28.8 Å². The third kappa shape index (κ3) is 4.17. The van der Waals surface area contributed by atoms with Gasteiger partial charge in [0, 0.05) is 12.1 Å². The molecule has 0 saturated carbocycles. The van der Waals surface area contributed by atoms with Crippen LogP contribution in [0.4, 0.5) is 0 Å². The molecule has 0 unspecified atom stereocenters. The van der Waals surface area contributed by atoms with Gasteiger partial charge in [-0.2, -0.15) is 0 Å². The van der Waals surface area contributed by atoms with E-state index in [0.29, 0.717) is 6.42 Å². The van der Waals surface area contributed by atoms with E-state index in [1.165, 1.54) is 16.7 Å². The third-order valence-corrected chi connectivity index (χ3v) is 6.15. The second-order valence-corrected chi connectivity index (χ2v) is 8.27. The molecule has 2 aromatic rings. The third-order valence-electron chi connectivity index (χ3n) is 6.15. The molecule has 2 heterocycles. The van der Waals surface area contributed by atoms with Gasteiger partial charge in [0.1, 0.15) is 0 Å². The van der Waals surface area contributed by atoms with Crippen LogP contribution in [0, 0.1) is 0 Å². The van der Waals surface area contributed by atoms with Gasteiger partial charge in [-0.15, -0.1) is 0 Å². The summed E-state index contributed by atoms with van der Waals surface area (Å²) < 4.78 is 0. The molecule has 5 heteroatoms. The van der Waals surface area contributed by atoms with Crippen LogP contribution in [0.15, 0.2) is 66.7 Å². The number of nitrogens with two attached hydrogens (primary N) is 1. The highest BCUT2D eigenvalue weighted by atomic mass is 16.2. The van der Waals surface area contributed by atoms with Gasteiger partial charge in [0.15, 0.2) is 0 Å². The number of nitrogens with one attached hydrogen (secondary N) is 1. The van der Waals surface area contributed by atoms with Crippen molar-refractivity contribution < 1.29 is 9.59 Å². The number of hydrogen-bond donors (Lipinski definition) is 2. The van der Waals surface area contributed by atoms with Crippen LogP contribution in [0.2, 0.25) is 0 Å². The normalized spacial score (nSPS) is 21.5. The van der Waals surface area contributed by atoms with E-state index in [1.54, 1.807) is 13.0 Å². The van der Waals surface area contributed by atoms with Crippen LogP contribution in [0.5, 0.6) is 0 Å². The number of nitrogens with zero attached hydrogens (tertiary/aromatic N) is 1. The molecule has 5 nitrogen and oxygen atoms in total. The molecule has 2 amide bonds. The zero-order valence-electron chi connectivity index (χ0n) is 17.3. The summed E-state index contributed by atoms with van der Waals surface area (Å²) in [5.41, 5.74) is 9.49. The first-order valence-electron chi connectivity index (χ1n) is 10.7. The summed E-state index contributed by atoms with van der Waals surface area (Å²) in [6.45, 7) is 1.66. The first-order valence-corrected chi connectivity index (χ1v) is 10.7. The lowest BCUT2D eigenvalue weighted by molar-refractivity contribution is -0.128. The van der Waals surface area contributed by atoms with Gasteiger partial charge in [-0.3, -0.25) is 9.59 Å². The summed E-state index contributed by atoms with van der Waals surface area (Å²) in [6.07, 6.45) is 7.01. The number of aryl methyl sites for hydroxylation is 1. The van der Waals surface area contributed by atoms with E-state index in [4.69, 9.17) is 5.73 Å². The average Bonchev–Trinajstić information content (AvgIpc) is 3.33. The maximum absolute atomic E-state index is 13.1. The van der Waals surface area contributed by atoms with Crippen molar-refractivity contribution in [3.8, 4) is 0 Å². The second kappa shape index (κ2) is 8.84. The first-order chi connectivity index (χ1) is 14.5. The van der Waals surface area contributed by atoms with Crippen molar-refractivity contribution >= 4 is 11.8 Å². The SMILES string of the molecule is C[C@H](N)C(=O)N[C@H](/C=C/C(=O)N1[C@@H]2CC[C@H]1c1ccccc12)CCc1ccccc1. The molecule has 0 spiro atoms. The van der Waals surface area contributed by atoms with Crippen molar-refractivity contribution in [3.63, 3.8) is 0 Å². The van der Waals surface area contributed by atoms with Crippen LogP contribution >= 0.6 is 0 Å². The van der Waals surface area contributed by atoms with Crippen LogP contribution in [0.25, 0.3) is 0 Å². The summed E-state index contributed by atoms with van der Waals surface area (Å²) in [7, 11) is 0. The maximum Gasteiger partial charge on any atom is 0.247 e. The van der Waals surface area contributed by atoms with E-state index in [2.05, 4.69) is 29.6 Å². The monoisotopic (exact) mass is 403 g/mol. The molecule has 0 aromatic heterocycles. The van der Waals surface area contributed by atoms with Gasteiger partial charge >= 0.3 is 0 Å². The molecule has 0 radical (unpaired) electrons. The number of benzene rings is 2. The Bertz CT molecular complexity index is 907. The van der Waals surface area contributed by atoms with E-state index in [9.17, 15) is 9.59 Å². The molecule has 2 aromatic carbocycles. The van der Waals surface area contributed by atoms with Gasteiger partial charge in [0.2, 0.25) is 11.8 Å². The first kappa shape index (κ1) is 20.4. The summed E-state index contributed by atoms with van der Waals surface area (Å²) >= 11 is 0. The van der Waals surface area contributed by atoms with Crippen LogP contribution in [-0.2, 0) is 16.0 Å². The van der Waals surface area contributed by atoms with Crippen molar-refractivity contribution in [1.29, 1.82) is 0 Å². The molecule has 2 aliphatic rings. The number of fused-ring (bicyclic) bond motifs is 5. The zero-order chi connectivity index (χ0) is 21.1. The van der Waals surface area contributed by atoms with Crippen molar-refractivity contribution in [2.24, 2.45) is 5.73 Å². The molecule has 3 N–H and O–H groups in total. The van der Waals surface area contributed by atoms with E-state index in [0.717, 1.165) is 19.3 Å². The molecular weight excluding hydrogens is 374 g/mol. The Kier molecular flexibility index (Phi) is 6.00. The highest BCUT2D eigenvalue weighted by Gasteiger charge is 2.45. The van der Waals surface area contributed by atoms with E-state index >= 15 is 0 Å². The predicted octanol–water partition coefficient (Wildman–Crippen LogP) is 3.43. The minimum atomic E-state index is -0.586. The summed E-state index contributed by atoms with van der Waals surface area (Å²) in [6, 6.07) is 18.0. The van der Waals surface area contributed by atoms with Crippen molar-refractivity contribution in [1.82, 2.24) is 10.2 Å². The Morgan fingerprint density at radius 1 is 1.07 bits per heavy atom. The molecule has 2 bridgehead atoms. The van der Waals surface area contributed by atoms with Crippen molar-refractivity contribution in [3.05, 3.63) is 83.4 Å². The quantitative estimate of drug-likeness (QED) is 0.696. The number of amides is 2. The summed E-state index contributed by atoms with van der Waals surface area (Å²) in [5.74, 6) is -0.197. The van der Waals surface area contributed by atoms with Gasteiger partial charge < -0.3 is 16.0 Å². The molecule has 4 atom stereocenters. The van der Waals surface area contributed by atoms with Gasteiger partial charge in [-0.05, 0) is 49.3 Å². The van der Waals surface area contributed by atoms with Crippen LogP contribution < -0.4 is 11.1 Å². The number of carbonyl (C=O) groups excluding carboxylic acids is 2. The highest BCUT2D eigenvalue weighted by Crippen LogP contribution is 2.52. The second-order valence-electron chi connectivity index (χ2n) is 8.27. The molecule has 1 fully saturated rings. The predicted molar refractivity (Wildman–Crippen MR) is 117 cm³/mol. The molecule has 0 aliphatic carbocycles. The fourth-order valence-electron chi connectivity index (χ4n) is 4.63. The molecule has 2 aliphatic heterocycles. The van der Waals surface area contributed by atoms with Gasteiger partial charge in [0.05, 0.1) is 18.1 Å². The largest absolute Gasteiger partial charge is 0.349 e. The number of carbonyl (C=O) groups is 2. The Morgan fingerprint density at radius 3 is 2.27 bits per heavy atom. The minimum absolute atomic E-state index is 0.0125. The molecular formula is C25H29N3O2. The Labute approximate surface area is 178 Å². The number of hydrogen-bond acceptors (Lipinski definition) is 3. The van der Waals surface area contributed by atoms with Gasteiger partial charge in [0.25, 0.3) is 0 Å². The lowest BCUT2D eigenvalue weighted by Crippen LogP contribution is -2.43. The summed E-state index contributed by atoms with van der Waals surface area (Å²) in [4.78, 5) is 27.2. The van der Waals surface area contributed by atoms with Gasteiger partial charge in [-0.25, -0.2) is 0 Å². The Hall–Kier alpha value is -2.92. The maximum atomic E-state index is 13.1. The average molecular weight is 404 g/mol. The standard InChI is InChI=1S/C25H29N3O2/c1-17(26)25(30)27-19(12-11-18-7-3-2-4-8-18)13-16-24(29)28-22-14-15-23(28)21-10-6-5-9-20(21)22/h2-10,13,16-17,19,22-23H,11-12,14-15,26H2,1H3,(H,27,30)/b16-13+/t17-,19-,22-,23+/m0/s1. The summed E-state index contributed by atoms with van der Waals surface area (Å²) in [5, 5.41) is 2.97. The van der Waals surface area contributed by atoms with E-state index < -0.39 is 6.04 Å². The van der Waals surface area contributed by atoms with Crippen molar-refractivity contribution in [2.45, 2.75) is 56.8 Å². The molecule has 4 rings (SSSR count).